The summed E-state index contributed by atoms with van der Waals surface area (Å²) >= 11 is 0. The van der Waals surface area contributed by atoms with Crippen molar-refractivity contribution in [3.63, 3.8) is 0 Å². The Labute approximate surface area is 173 Å². The van der Waals surface area contributed by atoms with E-state index in [9.17, 15) is 9.59 Å². The molecule has 1 saturated heterocycles. The molecule has 1 fully saturated rings. The number of hydrogen-bond acceptors (Lipinski definition) is 3. The summed E-state index contributed by atoms with van der Waals surface area (Å²) in [7, 11) is 1.81. The number of anilines is 1. The van der Waals surface area contributed by atoms with Crippen LogP contribution in [-0.2, 0) is 22.6 Å². The molecule has 5 heteroatoms. The Bertz CT molecular complexity index is 784. The second-order valence-electron chi connectivity index (χ2n) is 7.73. The molecule has 0 saturated carbocycles. The van der Waals surface area contributed by atoms with Gasteiger partial charge < -0.3 is 15.1 Å². The standard InChI is InChI=1S/C24H31N3O2/c1-26(19-21-10-12-22(13-11-21)27-16-6-3-7-17-27)24(29)14-15-25-23(28)18-20-8-4-2-5-9-20/h2,4-5,8-13H,3,6-7,14-19H2,1H3,(H,25,28). The molecule has 2 aromatic carbocycles. The third kappa shape index (κ3) is 6.63. The van der Waals surface area contributed by atoms with Gasteiger partial charge in [-0.05, 0) is 42.5 Å². The van der Waals surface area contributed by atoms with Gasteiger partial charge in [-0.25, -0.2) is 0 Å². The van der Waals surface area contributed by atoms with Crippen molar-refractivity contribution in [1.29, 1.82) is 0 Å². The molecule has 0 aromatic heterocycles. The number of amides is 2. The quantitative estimate of drug-likeness (QED) is 0.748. The van der Waals surface area contributed by atoms with Crippen molar-refractivity contribution >= 4 is 17.5 Å². The highest BCUT2D eigenvalue weighted by atomic mass is 16.2. The second-order valence-corrected chi connectivity index (χ2v) is 7.73. The normalized spacial score (nSPS) is 13.8. The lowest BCUT2D eigenvalue weighted by atomic mass is 10.1. The van der Waals surface area contributed by atoms with Gasteiger partial charge >= 0.3 is 0 Å². The van der Waals surface area contributed by atoms with Crippen molar-refractivity contribution in [2.45, 2.75) is 38.6 Å². The van der Waals surface area contributed by atoms with Crippen LogP contribution in [0.5, 0.6) is 0 Å². The van der Waals surface area contributed by atoms with Crippen molar-refractivity contribution in [2.24, 2.45) is 0 Å². The Balaban J connectivity index is 1.39. The fourth-order valence-electron chi connectivity index (χ4n) is 3.67. The van der Waals surface area contributed by atoms with E-state index in [1.165, 1.54) is 24.9 Å². The van der Waals surface area contributed by atoms with Crippen LogP contribution in [0.2, 0.25) is 0 Å². The molecule has 0 bridgehead atoms. The Morgan fingerprint density at radius 3 is 2.31 bits per heavy atom. The van der Waals surface area contributed by atoms with Crippen LogP contribution in [0.4, 0.5) is 5.69 Å². The number of hydrogen-bond donors (Lipinski definition) is 1. The predicted molar refractivity (Wildman–Crippen MR) is 117 cm³/mol. The first-order chi connectivity index (χ1) is 14.1. The molecular formula is C24H31N3O2. The summed E-state index contributed by atoms with van der Waals surface area (Å²) in [5.74, 6) is -0.0231. The van der Waals surface area contributed by atoms with Gasteiger partial charge in [-0.15, -0.1) is 0 Å². The van der Waals surface area contributed by atoms with Crippen LogP contribution in [0.15, 0.2) is 54.6 Å². The Kier molecular flexibility index (Phi) is 7.68. The fraction of sp³-hybridized carbons (Fsp3) is 0.417. The number of benzene rings is 2. The summed E-state index contributed by atoms with van der Waals surface area (Å²) in [5.41, 5.74) is 3.36. The van der Waals surface area contributed by atoms with Gasteiger partial charge in [0.2, 0.25) is 11.8 Å². The van der Waals surface area contributed by atoms with Crippen LogP contribution in [0.1, 0.15) is 36.8 Å². The zero-order valence-corrected chi connectivity index (χ0v) is 17.3. The Hall–Kier alpha value is -2.82. The monoisotopic (exact) mass is 393 g/mol. The molecule has 0 radical (unpaired) electrons. The summed E-state index contributed by atoms with van der Waals surface area (Å²) in [4.78, 5) is 28.5. The third-order valence-electron chi connectivity index (χ3n) is 5.37. The molecular weight excluding hydrogens is 362 g/mol. The van der Waals surface area contributed by atoms with Gasteiger partial charge in [-0.1, -0.05) is 42.5 Å². The molecule has 0 spiro atoms. The molecule has 0 atom stereocenters. The number of carbonyl (C=O) groups is 2. The molecule has 0 aliphatic carbocycles. The van der Waals surface area contributed by atoms with E-state index >= 15 is 0 Å². The fourth-order valence-corrected chi connectivity index (χ4v) is 3.67. The van der Waals surface area contributed by atoms with Crippen LogP contribution in [0.25, 0.3) is 0 Å². The first kappa shape index (κ1) is 20.9. The molecule has 2 amide bonds. The van der Waals surface area contributed by atoms with Gasteiger partial charge in [0.05, 0.1) is 6.42 Å². The molecule has 1 aliphatic heterocycles. The predicted octanol–water partition coefficient (Wildman–Crippen LogP) is 3.38. The van der Waals surface area contributed by atoms with Crippen LogP contribution < -0.4 is 10.2 Å². The number of rotatable bonds is 8. The SMILES string of the molecule is CN(Cc1ccc(N2CCCCC2)cc1)C(=O)CCNC(=O)Cc1ccccc1. The molecule has 154 valence electrons. The molecule has 5 nitrogen and oxygen atoms in total. The van der Waals surface area contributed by atoms with Crippen LogP contribution in [-0.4, -0.2) is 43.4 Å². The maximum atomic E-state index is 12.4. The zero-order valence-electron chi connectivity index (χ0n) is 17.3. The maximum absolute atomic E-state index is 12.4. The highest BCUT2D eigenvalue weighted by molar-refractivity contribution is 5.80. The van der Waals surface area contributed by atoms with Crippen LogP contribution >= 0.6 is 0 Å². The van der Waals surface area contributed by atoms with Gasteiger partial charge in [0.1, 0.15) is 0 Å². The van der Waals surface area contributed by atoms with Crippen molar-refractivity contribution in [3.05, 3.63) is 65.7 Å². The van der Waals surface area contributed by atoms with E-state index in [1.807, 2.05) is 37.4 Å². The van der Waals surface area contributed by atoms with Gasteiger partial charge in [-0.2, -0.15) is 0 Å². The van der Waals surface area contributed by atoms with Crippen LogP contribution in [0, 0.1) is 0 Å². The maximum Gasteiger partial charge on any atom is 0.224 e. The van der Waals surface area contributed by atoms with Crippen molar-refractivity contribution in [2.75, 3.05) is 31.6 Å². The van der Waals surface area contributed by atoms with E-state index in [4.69, 9.17) is 0 Å². The molecule has 1 N–H and O–H groups in total. The smallest absolute Gasteiger partial charge is 0.224 e. The molecule has 1 heterocycles. The molecule has 3 rings (SSSR count). The summed E-state index contributed by atoms with van der Waals surface area (Å²) < 4.78 is 0. The topological polar surface area (TPSA) is 52.6 Å². The van der Waals surface area contributed by atoms with Crippen molar-refractivity contribution < 1.29 is 9.59 Å². The lowest BCUT2D eigenvalue weighted by Crippen LogP contribution is -2.32. The zero-order chi connectivity index (χ0) is 20.5. The van der Waals surface area contributed by atoms with Gasteiger partial charge in [0, 0.05) is 45.3 Å². The van der Waals surface area contributed by atoms with Crippen molar-refractivity contribution in [3.8, 4) is 0 Å². The third-order valence-corrected chi connectivity index (χ3v) is 5.37. The summed E-state index contributed by atoms with van der Waals surface area (Å²) in [6.07, 6.45) is 4.51. The number of nitrogens with zero attached hydrogens (tertiary/aromatic N) is 2. The van der Waals surface area contributed by atoms with Crippen molar-refractivity contribution in [1.82, 2.24) is 10.2 Å². The average Bonchev–Trinajstić information content (AvgIpc) is 2.75. The molecule has 29 heavy (non-hydrogen) atoms. The Morgan fingerprint density at radius 2 is 1.62 bits per heavy atom. The minimum atomic E-state index is -0.0556. The molecule has 1 aliphatic rings. The van der Waals surface area contributed by atoms with E-state index in [2.05, 4.69) is 34.5 Å². The van der Waals surface area contributed by atoms with Gasteiger partial charge in [-0.3, -0.25) is 9.59 Å². The van der Waals surface area contributed by atoms with E-state index in [-0.39, 0.29) is 11.8 Å². The van der Waals surface area contributed by atoms with Crippen LogP contribution in [0.3, 0.4) is 0 Å². The molecule has 2 aromatic rings. The lowest BCUT2D eigenvalue weighted by Gasteiger charge is -2.29. The molecule has 0 unspecified atom stereocenters. The summed E-state index contributed by atoms with van der Waals surface area (Å²) in [6, 6.07) is 18.1. The summed E-state index contributed by atoms with van der Waals surface area (Å²) in [5, 5.41) is 2.83. The van der Waals surface area contributed by atoms with E-state index in [0.717, 1.165) is 24.2 Å². The first-order valence-corrected chi connectivity index (χ1v) is 10.5. The van der Waals surface area contributed by atoms with Gasteiger partial charge in [0.15, 0.2) is 0 Å². The van der Waals surface area contributed by atoms with E-state index < -0.39 is 0 Å². The first-order valence-electron chi connectivity index (χ1n) is 10.5. The second kappa shape index (κ2) is 10.6. The lowest BCUT2D eigenvalue weighted by molar-refractivity contribution is -0.130. The number of nitrogens with one attached hydrogen (secondary N) is 1. The summed E-state index contributed by atoms with van der Waals surface area (Å²) in [6.45, 7) is 3.21. The van der Waals surface area contributed by atoms with E-state index in [0.29, 0.717) is 25.9 Å². The Morgan fingerprint density at radius 1 is 0.931 bits per heavy atom. The average molecular weight is 394 g/mol. The highest BCUT2D eigenvalue weighted by Gasteiger charge is 2.13. The highest BCUT2D eigenvalue weighted by Crippen LogP contribution is 2.20. The number of piperidine rings is 1. The largest absolute Gasteiger partial charge is 0.372 e. The van der Waals surface area contributed by atoms with E-state index in [1.54, 1.807) is 4.90 Å². The van der Waals surface area contributed by atoms with Gasteiger partial charge in [0.25, 0.3) is 0 Å². The number of carbonyl (C=O) groups excluding carboxylic acids is 2. The minimum Gasteiger partial charge on any atom is -0.372 e. The minimum absolute atomic E-state index is 0.0325.